The first-order valence-electron chi connectivity index (χ1n) is 5.60. The zero-order chi connectivity index (χ0) is 13.1. The van der Waals surface area contributed by atoms with Gasteiger partial charge in [-0.05, 0) is 31.5 Å². The second-order valence-electron chi connectivity index (χ2n) is 4.13. The lowest BCUT2D eigenvalue weighted by Gasteiger charge is -2.11. The normalized spacial score (nSPS) is 10.4. The van der Waals surface area contributed by atoms with E-state index in [2.05, 4.69) is 4.98 Å². The Morgan fingerprint density at radius 2 is 2.00 bits per heavy atom. The second kappa shape index (κ2) is 5.14. The predicted molar refractivity (Wildman–Crippen MR) is 66.1 cm³/mol. The smallest absolute Gasteiger partial charge is 0.165 e. The molecule has 1 aromatic heterocycles. The molecule has 0 aliphatic heterocycles. The molecule has 1 N–H and O–H groups in total. The fourth-order valence-electron chi connectivity index (χ4n) is 1.58. The summed E-state index contributed by atoms with van der Waals surface area (Å²) in [5.74, 6) is 0.142. The van der Waals surface area contributed by atoms with Crippen LogP contribution in [0.4, 0.5) is 4.39 Å². The van der Waals surface area contributed by atoms with Gasteiger partial charge in [0.1, 0.15) is 5.75 Å². The molecule has 0 saturated heterocycles. The van der Waals surface area contributed by atoms with Gasteiger partial charge in [-0.15, -0.1) is 0 Å². The molecule has 0 saturated carbocycles. The molecule has 0 bridgehead atoms. The monoisotopic (exact) mass is 247 g/mol. The maximum absolute atomic E-state index is 13.6. The number of aliphatic hydroxyl groups is 1. The Labute approximate surface area is 105 Å². The molecule has 0 aliphatic rings. The fourth-order valence-corrected chi connectivity index (χ4v) is 1.58. The second-order valence-corrected chi connectivity index (χ2v) is 4.13. The summed E-state index contributed by atoms with van der Waals surface area (Å²) in [7, 11) is 0. The maximum Gasteiger partial charge on any atom is 0.165 e. The van der Waals surface area contributed by atoms with Crippen molar-refractivity contribution in [2.24, 2.45) is 0 Å². The summed E-state index contributed by atoms with van der Waals surface area (Å²) < 4.78 is 19.1. The van der Waals surface area contributed by atoms with E-state index >= 15 is 0 Å². The molecule has 3 nitrogen and oxygen atoms in total. The van der Waals surface area contributed by atoms with Gasteiger partial charge in [0.25, 0.3) is 0 Å². The van der Waals surface area contributed by atoms with E-state index in [1.807, 2.05) is 6.92 Å². The molecule has 94 valence electrons. The van der Waals surface area contributed by atoms with Gasteiger partial charge in [0.05, 0.1) is 6.61 Å². The van der Waals surface area contributed by atoms with Gasteiger partial charge in [0.15, 0.2) is 11.6 Å². The van der Waals surface area contributed by atoms with Crippen LogP contribution in [0.5, 0.6) is 11.5 Å². The van der Waals surface area contributed by atoms with Gasteiger partial charge in [-0.25, -0.2) is 4.39 Å². The minimum atomic E-state index is -0.432. The fraction of sp³-hybridized carbons (Fsp3) is 0.214. The first-order chi connectivity index (χ1) is 8.60. The van der Waals surface area contributed by atoms with Crippen LogP contribution in [-0.2, 0) is 6.61 Å². The lowest BCUT2D eigenvalue weighted by Crippen LogP contribution is -1.96. The van der Waals surface area contributed by atoms with Gasteiger partial charge in [-0.2, -0.15) is 0 Å². The number of hydrogen-bond donors (Lipinski definition) is 1. The lowest BCUT2D eigenvalue weighted by atomic mass is 10.2. The summed E-state index contributed by atoms with van der Waals surface area (Å²) in [5.41, 5.74) is 2.18. The quantitative estimate of drug-likeness (QED) is 0.906. The van der Waals surface area contributed by atoms with Crippen molar-refractivity contribution in [2.75, 3.05) is 0 Å². The Morgan fingerprint density at radius 3 is 2.72 bits per heavy atom. The molecule has 2 aromatic rings. The minimum absolute atomic E-state index is 0.148. The van der Waals surface area contributed by atoms with Crippen LogP contribution in [0.25, 0.3) is 0 Å². The molecular weight excluding hydrogens is 233 g/mol. The number of aryl methyl sites for hydroxylation is 2. The Morgan fingerprint density at radius 1 is 1.22 bits per heavy atom. The topological polar surface area (TPSA) is 42.4 Å². The molecule has 4 heteroatoms. The molecular formula is C14H14FNO2. The lowest BCUT2D eigenvalue weighted by molar-refractivity contribution is 0.275. The average Bonchev–Trinajstić information content (AvgIpc) is 2.34. The summed E-state index contributed by atoms with van der Waals surface area (Å²) in [6, 6.07) is 6.32. The zero-order valence-electron chi connectivity index (χ0n) is 10.3. The van der Waals surface area contributed by atoms with Crippen molar-refractivity contribution in [3.8, 4) is 11.5 Å². The summed E-state index contributed by atoms with van der Waals surface area (Å²) in [4.78, 5) is 4.06. The predicted octanol–water partition coefficient (Wildman–Crippen LogP) is 3.12. The SMILES string of the molecule is Cc1ccc(F)c(Oc2cc(C)ncc2CO)c1. The van der Waals surface area contributed by atoms with Crippen molar-refractivity contribution in [1.29, 1.82) is 0 Å². The van der Waals surface area contributed by atoms with Crippen LogP contribution in [0, 0.1) is 19.7 Å². The highest BCUT2D eigenvalue weighted by molar-refractivity contribution is 5.39. The van der Waals surface area contributed by atoms with Crippen molar-refractivity contribution in [3.05, 3.63) is 53.1 Å². The number of aromatic nitrogens is 1. The molecule has 0 fully saturated rings. The Balaban J connectivity index is 2.38. The molecule has 0 radical (unpaired) electrons. The number of benzene rings is 1. The van der Waals surface area contributed by atoms with Crippen molar-refractivity contribution >= 4 is 0 Å². The summed E-state index contributed by atoms with van der Waals surface area (Å²) in [6.45, 7) is 3.47. The van der Waals surface area contributed by atoms with E-state index in [9.17, 15) is 9.50 Å². The van der Waals surface area contributed by atoms with Gasteiger partial charge in [0, 0.05) is 23.5 Å². The number of pyridine rings is 1. The zero-order valence-corrected chi connectivity index (χ0v) is 10.3. The Hall–Kier alpha value is -1.94. The van der Waals surface area contributed by atoms with Crippen LogP contribution < -0.4 is 4.74 Å². The molecule has 0 unspecified atom stereocenters. The third-order valence-corrected chi connectivity index (χ3v) is 2.56. The van der Waals surface area contributed by atoms with Crippen LogP contribution in [-0.4, -0.2) is 10.1 Å². The minimum Gasteiger partial charge on any atom is -0.454 e. The van der Waals surface area contributed by atoms with E-state index in [0.29, 0.717) is 11.3 Å². The van der Waals surface area contributed by atoms with Crippen molar-refractivity contribution in [1.82, 2.24) is 4.98 Å². The maximum atomic E-state index is 13.6. The largest absolute Gasteiger partial charge is 0.454 e. The number of nitrogens with zero attached hydrogens (tertiary/aromatic N) is 1. The van der Waals surface area contributed by atoms with Crippen molar-refractivity contribution < 1.29 is 14.2 Å². The van der Waals surface area contributed by atoms with Crippen LogP contribution >= 0.6 is 0 Å². The van der Waals surface area contributed by atoms with Gasteiger partial charge < -0.3 is 9.84 Å². The van der Waals surface area contributed by atoms with Gasteiger partial charge in [0.2, 0.25) is 0 Å². The number of rotatable bonds is 3. The van der Waals surface area contributed by atoms with Gasteiger partial charge in [-0.1, -0.05) is 6.07 Å². The summed E-state index contributed by atoms with van der Waals surface area (Å²) in [5, 5.41) is 9.20. The van der Waals surface area contributed by atoms with E-state index < -0.39 is 5.82 Å². The van der Waals surface area contributed by atoms with E-state index in [0.717, 1.165) is 11.3 Å². The highest BCUT2D eigenvalue weighted by Crippen LogP contribution is 2.28. The molecule has 0 spiro atoms. The number of hydrogen-bond acceptors (Lipinski definition) is 3. The number of ether oxygens (including phenoxy) is 1. The van der Waals surface area contributed by atoms with Crippen molar-refractivity contribution in [3.63, 3.8) is 0 Å². The molecule has 0 aliphatic carbocycles. The molecule has 1 aromatic carbocycles. The third-order valence-electron chi connectivity index (χ3n) is 2.56. The standard InChI is InChI=1S/C14H14FNO2/c1-9-3-4-12(15)14(5-9)18-13-6-10(2)16-7-11(13)8-17/h3-7,17H,8H2,1-2H3. The molecule has 18 heavy (non-hydrogen) atoms. The van der Waals surface area contributed by atoms with Crippen LogP contribution in [0.2, 0.25) is 0 Å². The molecule has 1 heterocycles. The Kier molecular flexibility index (Phi) is 3.58. The summed E-state index contributed by atoms with van der Waals surface area (Å²) >= 11 is 0. The highest BCUT2D eigenvalue weighted by Gasteiger charge is 2.09. The summed E-state index contributed by atoms with van der Waals surface area (Å²) in [6.07, 6.45) is 1.53. The molecule has 2 rings (SSSR count). The van der Waals surface area contributed by atoms with E-state index in [-0.39, 0.29) is 12.4 Å². The van der Waals surface area contributed by atoms with E-state index in [4.69, 9.17) is 4.74 Å². The average molecular weight is 247 g/mol. The number of halogens is 1. The van der Waals surface area contributed by atoms with E-state index in [1.54, 1.807) is 25.1 Å². The Bertz CT molecular complexity index is 570. The van der Waals surface area contributed by atoms with Crippen molar-refractivity contribution in [2.45, 2.75) is 20.5 Å². The van der Waals surface area contributed by atoms with Crippen LogP contribution in [0.1, 0.15) is 16.8 Å². The first-order valence-corrected chi connectivity index (χ1v) is 5.60. The molecule has 0 atom stereocenters. The van der Waals surface area contributed by atoms with Crippen LogP contribution in [0.15, 0.2) is 30.5 Å². The number of aliphatic hydroxyl groups excluding tert-OH is 1. The molecule has 0 amide bonds. The van der Waals surface area contributed by atoms with Crippen LogP contribution in [0.3, 0.4) is 0 Å². The van der Waals surface area contributed by atoms with Gasteiger partial charge in [-0.3, -0.25) is 4.98 Å². The first kappa shape index (κ1) is 12.5. The third kappa shape index (κ3) is 2.65. The van der Waals surface area contributed by atoms with E-state index in [1.165, 1.54) is 12.3 Å². The highest BCUT2D eigenvalue weighted by atomic mass is 19.1. The van der Waals surface area contributed by atoms with Gasteiger partial charge >= 0.3 is 0 Å².